The van der Waals surface area contributed by atoms with Crippen molar-refractivity contribution in [2.75, 3.05) is 6.54 Å². The molecular weight excluding hydrogens is 302 g/mol. The Labute approximate surface area is 132 Å². The molecule has 118 valence electrons. The minimum atomic E-state index is -3.15. The topological polar surface area (TPSA) is 46.2 Å². The molecule has 0 spiro atoms. The molecule has 2 fully saturated rings. The third-order valence-electron chi connectivity index (χ3n) is 5.21. The van der Waals surface area contributed by atoms with E-state index in [0.717, 1.165) is 38.5 Å². The lowest BCUT2D eigenvalue weighted by atomic mass is 9.85. The van der Waals surface area contributed by atoms with E-state index < -0.39 is 10.0 Å². The molecule has 2 aliphatic rings. The quantitative estimate of drug-likeness (QED) is 0.894. The predicted molar refractivity (Wildman–Crippen MR) is 88.3 cm³/mol. The summed E-state index contributed by atoms with van der Waals surface area (Å²) in [4.78, 5) is 1.35. The standard InChI is InChI=1S/C16H25NO2S2/c18-21(19,14-7-2-1-3-8-14)17-13-16(10-4-5-11-16)15-9-6-12-20-15/h6,9,12,14,17H,1-5,7-8,10-11,13H2. The summed E-state index contributed by atoms with van der Waals surface area (Å²) in [7, 11) is -3.15. The SMILES string of the molecule is O=S(=O)(NCC1(c2cccs2)CCCC1)C1CCCCC1. The maximum atomic E-state index is 12.5. The van der Waals surface area contributed by atoms with Crippen molar-refractivity contribution in [1.82, 2.24) is 4.72 Å². The maximum Gasteiger partial charge on any atom is 0.214 e. The Morgan fingerprint density at radius 2 is 1.86 bits per heavy atom. The largest absolute Gasteiger partial charge is 0.214 e. The van der Waals surface area contributed by atoms with Gasteiger partial charge in [-0.25, -0.2) is 13.1 Å². The first kappa shape index (κ1) is 15.5. The van der Waals surface area contributed by atoms with Crippen LogP contribution in [0.2, 0.25) is 0 Å². The minimum Gasteiger partial charge on any atom is -0.214 e. The van der Waals surface area contributed by atoms with Gasteiger partial charge in [0, 0.05) is 16.8 Å². The van der Waals surface area contributed by atoms with Crippen molar-refractivity contribution in [3.8, 4) is 0 Å². The van der Waals surface area contributed by atoms with Crippen LogP contribution in [0.25, 0.3) is 0 Å². The molecule has 5 heteroatoms. The summed E-state index contributed by atoms with van der Waals surface area (Å²) in [5.74, 6) is 0. The molecule has 21 heavy (non-hydrogen) atoms. The molecule has 0 unspecified atom stereocenters. The Morgan fingerprint density at radius 1 is 1.14 bits per heavy atom. The Bertz CT molecular complexity index is 539. The summed E-state index contributed by atoms with van der Waals surface area (Å²) < 4.78 is 28.1. The molecular formula is C16H25NO2S2. The van der Waals surface area contributed by atoms with Crippen molar-refractivity contribution in [1.29, 1.82) is 0 Å². The van der Waals surface area contributed by atoms with Crippen LogP contribution in [-0.2, 0) is 15.4 Å². The van der Waals surface area contributed by atoms with Gasteiger partial charge in [-0.15, -0.1) is 11.3 Å². The molecule has 0 atom stereocenters. The first-order valence-electron chi connectivity index (χ1n) is 8.15. The first-order chi connectivity index (χ1) is 10.1. The van der Waals surface area contributed by atoms with Gasteiger partial charge < -0.3 is 0 Å². The van der Waals surface area contributed by atoms with Crippen LogP contribution in [0.4, 0.5) is 0 Å². The molecule has 0 saturated heterocycles. The van der Waals surface area contributed by atoms with Crippen molar-refractivity contribution >= 4 is 21.4 Å². The second-order valence-corrected chi connectivity index (χ2v) is 9.58. The lowest BCUT2D eigenvalue weighted by molar-refractivity contribution is 0.430. The smallest absolute Gasteiger partial charge is 0.214 e. The van der Waals surface area contributed by atoms with Crippen LogP contribution in [-0.4, -0.2) is 20.2 Å². The fourth-order valence-electron chi connectivity index (χ4n) is 3.87. The highest BCUT2D eigenvalue weighted by molar-refractivity contribution is 7.90. The molecule has 0 radical (unpaired) electrons. The van der Waals surface area contributed by atoms with Crippen LogP contribution < -0.4 is 4.72 Å². The van der Waals surface area contributed by atoms with Crippen molar-refractivity contribution in [3.05, 3.63) is 22.4 Å². The number of thiophene rings is 1. The van der Waals surface area contributed by atoms with Gasteiger partial charge in [0.15, 0.2) is 0 Å². The molecule has 1 aromatic heterocycles. The highest BCUT2D eigenvalue weighted by Crippen LogP contribution is 2.42. The predicted octanol–water partition coefficient (Wildman–Crippen LogP) is 3.81. The van der Waals surface area contributed by atoms with E-state index in [0.29, 0.717) is 6.54 Å². The Morgan fingerprint density at radius 3 is 2.48 bits per heavy atom. The fourth-order valence-corrected chi connectivity index (χ4v) is 6.53. The van der Waals surface area contributed by atoms with E-state index in [1.807, 2.05) is 0 Å². The van der Waals surface area contributed by atoms with Gasteiger partial charge in [0.05, 0.1) is 5.25 Å². The zero-order valence-corrected chi connectivity index (χ0v) is 14.1. The van der Waals surface area contributed by atoms with Gasteiger partial charge in [-0.1, -0.05) is 38.2 Å². The average Bonchev–Trinajstić information content (AvgIpc) is 3.18. The maximum absolute atomic E-state index is 12.5. The van der Waals surface area contributed by atoms with Crippen LogP contribution in [0.3, 0.4) is 0 Å². The van der Waals surface area contributed by atoms with E-state index in [1.54, 1.807) is 11.3 Å². The third kappa shape index (κ3) is 3.35. The molecule has 1 heterocycles. The lowest BCUT2D eigenvalue weighted by Crippen LogP contribution is -2.43. The van der Waals surface area contributed by atoms with Crippen molar-refractivity contribution in [3.63, 3.8) is 0 Å². The third-order valence-corrected chi connectivity index (χ3v) is 8.22. The average molecular weight is 328 g/mol. The van der Waals surface area contributed by atoms with Gasteiger partial charge in [0.2, 0.25) is 10.0 Å². The summed E-state index contributed by atoms with van der Waals surface area (Å²) in [6.45, 7) is 0.590. The van der Waals surface area contributed by atoms with E-state index in [9.17, 15) is 8.42 Å². The zero-order chi connectivity index (χ0) is 14.8. The molecule has 0 bridgehead atoms. The normalized spacial score (nSPS) is 23.4. The summed E-state index contributed by atoms with van der Waals surface area (Å²) in [5, 5.41) is 1.94. The van der Waals surface area contributed by atoms with E-state index in [2.05, 4.69) is 22.2 Å². The summed E-state index contributed by atoms with van der Waals surface area (Å²) in [6.07, 6.45) is 9.62. The number of sulfonamides is 1. The van der Waals surface area contributed by atoms with E-state index in [4.69, 9.17) is 0 Å². The van der Waals surface area contributed by atoms with E-state index in [-0.39, 0.29) is 10.7 Å². The van der Waals surface area contributed by atoms with Crippen LogP contribution in [0, 0.1) is 0 Å². The van der Waals surface area contributed by atoms with Gasteiger partial charge in [0.25, 0.3) is 0 Å². The van der Waals surface area contributed by atoms with Crippen molar-refractivity contribution < 1.29 is 8.42 Å². The van der Waals surface area contributed by atoms with Crippen molar-refractivity contribution in [2.45, 2.75) is 68.5 Å². The fraction of sp³-hybridized carbons (Fsp3) is 0.750. The van der Waals surface area contributed by atoms with Gasteiger partial charge >= 0.3 is 0 Å². The van der Waals surface area contributed by atoms with Crippen LogP contribution in [0.1, 0.15) is 62.7 Å². The highest BCUT2D eigenvalue weighted by Gasteiger charge is 2.38. The molecule has 2 aliphatic carbocycles. The Kier molecular flexibility index (Phi) is 4.71. The number of hydrogen-bond donors (Lipinski definition) is 1. The van der Waals surface area contributed by atoms with Crippen molar-refractivity contribution in [2.24, 2.45) is 0 Å². The monoisotopic (exact) mass is 327 g/mol. The van der Waals surface area contributed by atoms with E-state index >= 15 is 0 Å². The Hall–Kier alpha value is -0.390. The van der Waals surface area contributed by atoms with E-state index in [1.165, 1.54) is 24.1 Å². The van der Waals surface area contributed by atoms with Crippen LogP contribution in [0.15, 0.2) is 17.5 Å². The Balaban J connectivity index is 1.70. The molecule has 3 nitrogen and oxygen atoms in total. The van der Waals surface area contributed by atoms with Gasteiger partial charge in [-0.3, -0.25) is 0 Å². The molecule has 3 rings (SSSR count). The lowest BCUT2D eigenvalue weighted by Gasteiger charge is -2.30. The molecule has 1 N–H and O–H groups in total. The van der Waals surface area contributed by atoms with Gasteiger partial charge in [-0.2, -0.15) is 0 Å². The molecule has 0 aliphatic heterocycles. The second-order valence-electron chi connectivity index (χ2n) is 6.59. The second kappa shape index (κ2) is 6.39. The summed E-state index contributed by atoms with van der Waals surface area (Å²) in [6, 6.07) is 4.25. The number of rotatable bonds is 5. The number of nitrogens with one attached hydrogen (secondary N) is 1. The summed E-state index contributed by atoms with van der Waals surface area (Å²) in [5.41, 5.74) is 0.0515. The minimum absolute atomic E-state index is 0.0515. The number of hydrogen-bond acceptors (Lipinski definition) is 3. The summed E-state index contributed by atoms with van der Waals surface area (Å²) >= 11 is 1.77. The van der Waals surface area contributed by atoms with Gasteiger partial charge in [-0.05, 0) is 37.1 Å². The van der Waals surface area contributed by atoms with Crippen LogP contribution >= 0.6 is 11.3 Å². The molecule has 1 aromatic rings. The first-order valence-corrected chi connectivity index (χ1v) is 10.6. The van der Waals surface area contributed by atoms with Gasteiger partial charge in [0.1, 0.15) is 0 Å². The molecule has 0 amide bonds. The zero-order valence-electron chi connectivity index (χ0n) is 12.5. The highest BCUT2D eigenvalue weighted by atomic mass is 32.2. The van der Waals surface area contributed by atoms with Crippen LogP contribution in [0.5, 0.6) is 0 Å². The molecule has 2 saturated carbocycles. The molecule has 0 aromatic carbocycles.